The van der Waals surface area contributed by atoms with Crippen LogP contribution in [0.25, 0.3) is 0 Å². The number of hydrogen-bond donors (Lipinski definition) is 2. The largest absolute Gasteiger partial charge is 0.352 e. The van der Waals surface area contributed by atoms with E-state index >= 15 is 0 Å². The summed E-state index contributed by atoms with van der Waals surface area (Å²) in [6.45, 7) is 12.7. The lowest BCUT2D eigenvalue weighted by Gasteiger charge is -2.33. The molecular weight excluding hydrogens is 297 g/mol. The van der Waals surface area contributed by atoms with Gasteiger partial charge < -0.3 is 11.1 Å². The molecule has 1 saturated heterocycles. The van der Waals surface area contributed by atoms with E-state index in [2.05, 4.69) is 16.8 Å². The predicted molar refractivity (Wildman–Crippen MR) is 89.7 cm³/mol. The van der Waals surface area contributed by atoms with Crippen LogP contribution in [-0.4, -0.2) is 42.5 Å². The first-order chi connectivity index (χ1) is 8.34. The minimum Gasteiger partial charge on any atom is -0.352 e. The van der Waals surface area contributed by atoms with Gasteiger partial charge in [-0.2, -0.15) is 0 Å². The van der Waals surface area contributed by atoms with E-state index in [1.165, 1.54) is 0 Å². The van der Waals surface area contributed by atoms with Crippen molar-refractivity contribution in [1.82, 2.24) is 10.2 Å². The first kappa shape index (κ1) is 22.0. The van der Waals surface area contributed by atoms with Gasteiger partial charge in [0, 0.05) is 25.7 Å². The topological polar surface area (TPSA) is 58.4 Å². The van der Waals surface area contributed by atoms with E-state index in [1.807, 2.05) is 26.8 Å². The Kier molecular flexibility index (Phi) is 10.6. The Labute approximate surface area is 135 Å². The molecule has 0 saturated carbocycles. The minimum absolute atomic E-state index is 0. The van der Waals surface area contributed by atoms with Crippen LogP contribution in [0.15, 0.2) is 12.7 Å². The molecule has 1 aliphatic rings. The monoisotopic (exact) mass is 325 g/mol. The van der Waals surface area contributed by atoms with Gasteiger partial charge in [-0.1, -0.05) is 26.8 Å². The van der Waals surface area contributed by atoms with Crippen LogP contribution in [0, 0.1) is 5.41 Å². The Hall–Kier alpha value is -0.290. The summed E-state index contributed by atoms with van der Waals surface area (Å²) in [5, 5.41) is 3.07. The maximum atomic E-state index is 12.0. The fourth-order valence-electron chi connectivity index (χ4n) is 2.13. The van der Waals surface area contributed by atoms with Crippen molar-refractivity contribution < 1.29 is 4.79 Å². The smallest absolute Gasteiger partial charge is 0.237 e. The van der Waals surface area contributed by atoms with Crippen molar-refractivity contribution in [2.24, 2.45) is 11.1 Å². The van der Waals surface area contributed by atoms with Crippen molar-refractivity contribution in [1.29, 1.82) is 0 Å². The van der Waals surface area contributed by atoms with Crippen molar-refractivity contribution in [2.45, 2.75) is 45.7 Å². The SMILES string of the molecule is C=CCN1CCC(NC(=O)[C@@H](N)C(C)(C)C)CC1.Cl.Cl. The highest BCUT2D eigenvalue weighted by atomic mass is 35.5. The summed E-state index contributed by atoms with van der Waals surface area (Å²) in [4.78, 5) is 14.3. The van der Waals surface area contributed by atoms with Crippen LogP contribution in [0.3, 0.4) is 0 Å². The molecule has 1 fully saturated rings. The standard InChI is InChI=1S/C14H27N3O.2ClH/c1-5-8-17-9-6-11(7-10-17)16-13(18)12(15)14(2,3)4;;/h5,11-12H,1,6-10,15H2,2-4H3,(H,16,18);2*1H/t12-;;/m1../s1. The normalized spacial score (nSPS) is 18.4. The first-order valence-electron chi connectivity index (χ1n) is 6.74. The van der Waals surface area contributed by atoms with E-state index in [0.717, 1.165) is 32.5 Å². The lowest BCUT2D eigenvalue weighted by atomic mass is 9.86. The third-order valence-electron chi connectivity index (χ3n) is 3.54. The highest BCUT2D eigenvalue weighted by Crippen LogP contribution is 2.18. The summed E-state index contributed by atoms with van der Waals surface area (Å²) in [5.41, 5.74) is 5.76. The lowest BCUT2D eigenvalue weighted by molar-refractivity contribution is -0.125. The van der Waals surface area contributed by atoms with E-state index in [0.29, 0.717) is 0 Å². The number of nitrogens with two attached hydrogens (primary N) is 1. The van der Waals surface area contributed by atoms with E-state index in [9.17, 15) is 4.79 Å². The van der Waals surface area contributed by atoms with Gasteiger partial charge >= 0.3 is 0 Å². The highest BCUT2D eigenvalue weighted by molar-refractivity contribution is 5.85. The van der Waals surface area contributed by atoms with Gasteiger partial charge in [-0.05, 0) is 18.3 Å². The predicted octanol–water partition coefficient (Wildman–Crippen LogP) is 1.97. The van der Waals surface area contributed by atoms with Crippen molar-refractivity contribution in [3.05, 3.63) is 12.7 Å². The van der Waals surface area contributed by atoms with Crippen LogP contribution in [0.1, 0.15) is 33.6 Å². The summed E-state index contributed by atoms with van der Waals surface area (Å²) in [5.74, 6) is -0.0235. The third kappa shape index (κ3) is 6.93. The van der Waals surface area contributed by atoms with Crippen molar-refractivity contribution in [3.63, 3.8) is 0 Å². The number of carbonyl (C=O) groups excluding carboxylic acids is 1. The summed E-state index contributed by atoms with van der Waals surface area (Å²) in [7, 11) is 0. The molecular formula is C14H29Cl2N3O. The van der Waals surface area contributed by atoms with Gasteiger partial charge in [0.05, 0.1) is 6.04 Å². The van der Waals surface area contributed by atoms with Crippen LogP contribution in [0.4, 0.5) is 0 Å². The van der Waals surface area contributed by atoms with E-state index < -0.39 is 6.04 Å². The quantitative estimate of drug-likeness (QED) is 0.777. The molecule has 0 bridgehead atoms. The molecule has 120 valence electrons. The highest BCUT2D eigenvalue weighted by Gasteiger charge is 2.29. The van der Waals surface area contributed by atoms with Crippen LogP contribution >= 0.6 is 24.8 Å². The molecule has 0 aromatic heterocycles. The molecule has 3 N–H and O–H groups in total. The van der Waals surface area contributed by atoms with E-state index in [4.69, 9.17) is 5.73 Å². The molecule has 0 spiro atoms. The number of nitrogens with zero attached hydrogens (tertiary/aromatic N) is 1. The number of likely N-dealkylation sites (tertiary alicyclic amines) is 1. The van der Waals surface area contributed by atoms with Crippen molar-refractivity contribution in [2.75, 3.05) is 19.6 Å². The van der Waals surface area contributed by atoms with Gasteiger partial charge in [0.1, 0.15) is 0 Å². The molecule has 6 heteroatoms. The second-order valence-electron chi connectivity index (χ2n) is 6.22. The molecule has 0 aliphatic carbocycles. The van der Waals surface area contributed by atoms with Crippen LogP contribution in [0.5, 0.6) is 0 Å². The Morgan fingerprint density at radius 1 is 1.40 bits per heavy atom. The Balaban J connectivity index is 0. The number of halogens is 2. The molecule has 1 amide bonds. The molecule has 1 aliphatic heterocycles. The number of rotatable bonds is 4. The second kappa shape index (κ2) is 9.61. The van der Waals surface area contributed by atoms with Crippen LogP contribution in [-0.2, 0) is 4.79 Å². The first-order valence-corrected chi connectivity index (χ1v) is 6.74. The van der Waals surface area contributed by atoms with Gasteiger partial charge in [0.15, 0.2) is 0 Å². The summed E-state index contributed by atoms with van der Waals surface area (Å²) >= 11 is 0. The van der Waals surface area contributed by atoms with Gasteiger partial charge in [-0.15, -0.1) is 31.4 Å². The number of piperidine rings is 1. The summed E-state index contributed by atoms with van der Waals surface area (Å²) in [6, 6.07) is -0.171. The molecule has 0 aromatic carbocycles. The van der Waals surface area contributed by atoms with Crippen LogP contribution in [0.2, 0.25) is 0 Å². The molecule has 4 nitrogen and oxygen atoms in total. The van der Waals surface area contributed by atoms with E-state index in [-0.39, 0.29) is 42.2 Å². The molecule has 0 unspecified atom stereocenters. The Morgan fingerprint density at radius 2 is 1.90 bits per heavy atom. The average molecular weight is 326 g/mol. The number of nitrogens with one attached hydrogen (secondary N) is 1. The third-order valence-corrected chi connectivity index (χ3v) is 3.54. The maximum absolute atomic E-state index is 12.0. The molecule has 1 rings (SSSR count). The maximum Gasteiger partial charge on any atom is 0.237 e. The van der Waals surface area contributed by atoms with Gasteiger partial charge in [-0.25, -0.2) is 0 Å². The Morgan fingerprint density at radius 3 is 2.30 bits per heavy atom. The van der Waals surface area contributed by atoms with Crippen LogP contribution < -0.4 is 11.1 Å². The fourth-order valence-corrected chi connectivity index (χ4v) is 2.13. The van der Waals surface area contributed by atoms with Gasteiger partial charge in [0.2, 0.25) is 5.91 Å². The average Bonchev–Trinajstić information content (AvgIpc) is 2.30. The molecule has 1 atom stereocenters. The molecule has 0 radical (unpaired) electrons. The summed E-state index contributed by atoms with van der Waals surface area (Å²) < 4.78 is 0. The van der Waals surface area contributed by atoms with Gasteiger partial charge in [-0.3, -0.25) is 9.69 Å². The molecule has 0 aromatic rings. The lowest BCUT2D eigenvalue weighted by Crippen LogP contribution is -2.53. The second-order valence-corrected chi connectivity index (χ2v) is 6.22. The van der Waals surface area contributed by atoms with E-state index in [1.54, 1.807) is 0 Å². The molecule has 20 heavy (non-hydrogen) atoms. The Bertz CT molecular complexity index is 297. The molecule has 1 heterocycles. The van der Waals surface area contributed by atoms with Crippen molar-refractivity contribution >= 4 is 30.7 Å². The van der Waals surface area contributed by atoms with Gasteiger partial charge in [0.25, 0.3) is 0 Å². The number of hydrogen-bond acceptors (Lipinski definition) is 3. The zero-order chi connectivity index (χ0) is 13.8. The van der Waals surface area contributed by atoms with Crippen molar-refractivity contribution in [3.8, 4) is 0 Å². The number of carbonyl (C=O) groups is 1. The summed E-state index contributed by atoms with van der Waals surface area (Å²) in [6.07, 6.45) is 3.92. The minimum atomic E-state index is -0.441. The zero-order valence-electron chi connectivity index (χ0n) is 12.7. The zero-order valence-corrected chi connectivity index (χ0v) is 14.4. The fraction of sp³-hybridized carbons (Fsp3) is 0.786. The number of amides is 1.